The van der Waals surface area contributed by atoms with Gasteiger partial charge < -0.3 is 11.1 Å². The first-order valence-corrected chi connectivity index (χ1v) is 4.79. The van der Waals surface area contributed by atoms with Gasteiger partial charge in [-0.15, -0.1) is 0 Å². The Hall–Kier alpha value is -1.84. The van der Waals surface area contributed by atoms with Gasteiger partial charge in [-0.1, -0.05) is 19.1 Å². The van der Waals surface area contributed by atoms with E-state index < -0.39 is 5.91 Å². The van der Waals surface area contributed by atoms with Crippen LogP contribution in [0.5, 0.6) is 0 Å². The molecule has 0 fully saturated rings. The van der Waals surface area contributed by atoms with E-state index in [2.05, 4.69) is 5.32 Å². The van der Waals surface area contributed by atoms with Crippen molar-refractivity contribution >= 4 is 11.8 Å². The number of hydrogen-bond acceptors (Lipinski definition) is 2. The van der Waals surface area contributed by atoms with Gasteiger partial charge in [0.2, 0.25) is 11.8 Å². The number of amides is 2. The van der Waals surface area contributed by atoms with Gasteiger partial charge in [-0.05, 0) is 17.7 Å². The first-order chi connectivity index (χ1) is 7.13. The van der Waals surface area contributed by atoms with Crippen molar-refractivity contribution < 1.29 is 9.59 Å². The molecule has 15 heavy (non-hydrogen) atoms. The predicted octanol–water partition coefficient (Wildman–Crippen LogP) is 0.812. The Kier molecular flexibility index (Phi) is 3.85. The highest BCUT2D eigenvalue weighted by atomic mass is 16.1. The van der Waals surface area contributed by atoms with Crippen LogP contribution in [0.3, 0.4) is 0 Å². The summed E-state index contributed by atoms with van der Waals surface area (Å²) in [6, 6.07) is 6.90. The van der Waals surface area contributed by atoms with Crippen LogP contribution in [-0.4, -0.2) is 11.8 Å². The molecule has 0 unspecified atom stereocenters. The van der Waals surface area contributed by atoms with E-state index in [1.54, 1.807) is 25.1 Å². The summed E-state index contributed by atoms with van der Waals surface area (Å²) in [5.41, 5.74) is 6.46. The predicted molar refractivity (Wildman–Crippen MR) is 57.1 cm³/mol. The molecule has 0 radical (unpaired) electrons. The molecule has 0 aliphatic rings. The molecule has 0 spiro atoms. The quantitative estimate of drug-likeness (QED) is 0.765. The minimum absolute atomic E-state index is 0.0144. The van der Waals surface area contributed by atoms with Crippen molar-refractivity contribution in [1.82, 2.24) is 5.32 Å². The summed E-state index contributed by atoms with van der Waals surface area (Å²) in [5.74, 6) is -0.474. The van der Waals surface area contributed by atoms with E-state index in [0.717, 1.165) is 5.56 Å². The molecule has 0 heterocycles. The van der Waals surface area contributed by atoms with Crippen LogP contribution < -0.4 is 11.1 Å². The maximum atomic E-state index is 11.0. The number of nitrogens with two attached hydrogens (primary N) is 1. The molecule has 0 aliphatic carbocycles. The summed E-state index contributed by atoms with van der Waals surface area (Å²) in [6.07, 6.45) is 0.454. The second-order valence-electron chi connectivity index (χ2n) is 3.19. The van der Waals surface area contributed by atoms with E-state index in [-0.39, 0.29) is 5.91 Å². The summed E-state index contributed by atoms with van der Waals surface area (Å²) in [5, 5.41) is 2.72. The average Bonchev–Trinajstić information content (AvgIpc) is 2.26. The highest BCUT2D eigenvalue weighted by Gasteiger charge is 2.02. The van der Waals surface area contributed by atoms with Crippen molar-refractivity contribution in [2.45, 2.75) is 19.9 Å². The van der Waals surface area contributed by atoms with E-state index in [0.29, 0.717) is 18.5 Å². The molecule has 0 aromatic heterocycles. The van der Waals surface area contributed by atoms with Crippen molar-refractivity contribution in [3.05, 3.63) is 35.4 Å². The summed E-state index contributed by atoms with van der Waals surface area (Å²) < 4.78 is 0. The maximum Gasteiger partial charge on any atom is 0.248 e. The Bertz CT molecular complexity index is 375. The highest BCUT2D eigenvalue weighted by Crippen LogP contribution is 2.04. The lowest BCUT2D eigenvalue weighted by Gasteiger charge is -2.04. The summed E-state index contributed by atoms with van der Waals surface area (Å²) in [4.78, 5) is 21.9. The molecule has 80 valence electrons. The number of carbonyl (C=O) groups excluding carboxylic acids is 2. The largest absolute Gasteiger partial charge is 0.366 e. The van der Waals surface area contributed by atoms with E-state index >= 15 is 0 Å². The second kappa shape index (κ2) is 5.14. The Morgan fingerprint density at radius 2 is 2.13 bits per heavy atom. The summed E-state index contributed by atoms with van der Waals surface area (Å²) >= 11 is 0. The monoisotopic (exact) mass is 206 g/mol. The highest BCUT2D eigenvalue weighted by molar-refractivity contribution is 5.92. The lowest BCUT2D eigenvalue weighted by Crippen LogP contribution is -2.21. The zero-order valence-corrected chi connectivity index (χ0v) is 8.62. The van der Waals surface area contributed by atoms with Gasteiger partial charge in [-0.3, -0.25) is 9.59 Å². The maximum absolute atomic E-state index is 11.0. The number of carbonyl (C=O) groups is 2. The Morgan fingerprint density at radius 1 is 1.40 bits per heavy atom. The van der Waals surface area contributed by atoms with Gasteiger partial charge in [0, 0.05) is 18.5 Å². The zero-order chi connectivity index (χ0) is 11.3. The third kappa shape index (κ3) is 3.42. The third-order valence-corrected chi connectivity index (χ3v) is 2.02. The van der Waals surface area contributed by atoms with E-state index in [1.165, 1.54) is 0 Å². The molecule has 0 aliphatic heterocycles. The molecule has 0 saturated carbocycles. The summed E-state index contributed by atoms with van der Waals surface area (Å²) in [7, 11) is 0. The van der Waals surface area contributed by atoms with E-state index in [9.17, 15) is 9.59 Å². The third-order valence-electron chi connectivity index (χ3n) is 2.02. The topological polar surface area (TPSA) is 72.2 Å². The minimum Gasteiger partial charge on any atom is -0.366 e. The molecular weight excluding hydrogens is 192 g/mol. The van der Waals surface area contributed by atoms with Gasteiger partial charge in [0.25, 0.3) is 0 Å². The van der Waals surface area contributed by atoms with Crippen molar-refractivity contribution in [1.29, 1.82) is 0 Å². The first kappa shape index (κ1) is 11.2. The van der Waals surface area contributed by atoms with Crippen molar-refractivity contribution in [3.63, 3.8) is 0 Å². The van der Waals surface area contributed by atoms with Crippen LogP contribution in [0.2, 0.25) is 0 Å². The van der Waals surface area contributed by atoms with Crippen LogP contribution in [0, 0.1) is 0 Å². The smallest absolute Gasteiger partial charge is 0.248 e. The molecule has 2 amide bonds. The van der Waals surface area contributed by atoms with Gasteiger partial charge >= 0.3 is 0 Å². The number of nitrogens with one attached hydrogen (secondary N) is 1. The molecule has 1 aromatic rings. The van der Waals surface area contributed by atoms with Crippen molar-refractivity contribution in [3.8, 4) is 0 Å². The van der Waals surface area contributed by atoms with Gasteiger partial charge in [-0.25, -0.2) is 0 Å². The van der Waals surface area contributed by atoms with Gasteiger partial charge in [0.15, 0.2) is 0 Å². The lowest BCUT2D eigenvalue weighted by atomic mass is 10.1. The number of rotatable bonds is 4. The lowest BCUT2D eigenvalue weighted by molar-refractivity contribution is -0.120. The Balaban J connectivity index is 2.66. The van der Waals surface area contributed by atoms with E-state index in [4.69, 9.17) is 5.73 Å². The van der Waals surface area contributed by atoms with Crippen LogP contribution in [0.25, 0.3) is 0 Å². The molecule has 4 heteroatoms. The molecule has 3 N–H and O–H groups in total. The van der Waals surface area contributed by atoms with Gasteiger partial charge in [-0.2, -0.15) is 0 Å². The van der Waals surface area contributed by atoms with E-state index in [1.807, 2.05) is 6.07 Å². The molecule has 0 saturated heterocycles. The summed E-state index contributed by atoms with van der Waals surface area (Å²) in [6.45, 7) is 2.21. The SMILES string of the molecule is CCC(=O)NCc1cccc(C(N)=O)c1. The molecular formula is C11H14N2O2. The zero-order valence-electron chi connectivity index (χ0n) is 8.62. The van der Waals surface area contributed by atoms with Crippen molar-refractivity contribution in [2.75, 3.05) is 0 Å². The fourth-order valence-corrected chi connectivity index (χ4v) is 1.16. The molecule has 1 rings (SSSR count). The average molecular weight is 206 g/mol. The number of primary amides is 1. The van der Waals surface area contributed by atoms with Gasteiger partial charge in [0.1, 0.15) is 0 Å². The standard InChI is InChI=1S/C11H14N2O2/c1-2-10(14)13-7-8-4-3-5-9(6-8)11(12)15/h3-6H,2,7H2,1H3,(H2,12,15)(H,13,14). The number of benzene rings is 1. The normalized spacial score (nSPS) is 9.67. The Morgan fingerprint density at radius 3 is 2.73 bits per heavy atom. The first-order valence-electron chi connectivity index (χ1n) is 4.79. The van der Waals surface area contributed by atoms with Crippen LogP contribution in [0.1, 0.15) is 29.3 Å². The van der Waals surface area contributed by atoms with Crippen LogP contribution in [-0.2, 0) is 11.3 Å². The van der Waals surface area contributed by atoms with Crippen molar-refractivity contribution in [2.24, 2.45) is 5.73 Å². The molecule has 0 atom stereocenters. The molecule has 4 nitrogen and oxygen atoms in total. The molecule has 0 bridgehead atoms. The molecule has 1 aromatic carbocycles. The fraction of sp³-hybridized carbons (Fsp3) is 0.273. The van der Waals surface area contributed by atoms with Crippen LogP contribution in [0.15, 0.2) is 24.3 Å². The second-order valence-corrected chi connectivity index (χ2v) is 3.19. The minimum atomic E-state index is -0.460. The van der Waals surface area contributed by atoms with Crippen LogP contribution in [0.4, 0.5) is 0 Å². The van der Waals surface area contributed by atoms with Gasteiger partial charge in [0.05, 0.1) is 0 Å². The number of hydrogen-bond donors (Lipinski definition) is 2. The fourth-order valence-electron chi connectivity index (χ4n) is 1.16. The van der Waals surface area contributed by atoms with Crippen LogP contribution >= 0.6 is 0 Å². The Labute approximate surface area is 88.5 Å².